The van der Waals surface area contributed by atoms with Gasteiger partial charge < -0.3 is 15.3 Å². The molecule has 2 fully saturated rings. The molecule has 0 spiro atoms. The smallest absolute Gasteiger partial charge is 0.0628 e. The van der Waals surface area contributed by atoms with Gasteiger partial charge in [0.25, 0.3) is 0 Å². The van der Waals surface area contributed by atoms with Crippen LogP contribution in [-0.4, -0.2) is 48.8 Å². The van der Waals surface area contributed by atoms with Gasteiger partial charge in [0.15, 0.2) is 0 Å². The van der Waals surface area contributed by atoms with Crippen LogP contribution in [0.4, 0.5) is 0 Å². The molecule has 1 atom stereocenters. The van der Waals surface area contributed by atoms with Crippen LogP contribution in [-0.2, 0) is 0 Å². The third-order valence-corrected chi connectivity index (χ3v) is 4.62. The van der Waals surface area contributed by atoms with E-state index < -0.39 is 0 Å². The summed E-state index contributed by atoms with van der Waals surface area (Å²) in [5.74, 6) is 0.683. The predicted molar refractivity (Wildman–Crippen MR) is 71.1 cm³/mol. The van der Waals surface area contributed by atoms with E-state index in [1.165, 1.54) is 38.8 Å². The minimum absolute atomic E-state index is 0.0482. The van der Waals surface area contributed by atoms with Crippen LogP contribution in [0.25, 0.3) is 0 Å². The van der Waals surface area contributed by atoms with Crippen LogP contribution in [0.3, 0.4) is 0 Å². The maximum atomic E-state index is 9.76. The maximum absolute atomic E-state index is 9.76. The summed E-state index contributed by atoms with van der Waals surface area (Å²) in [5, 5.41) is 13.2. The normalized spacial score (nSPS) is 28.9. The number of hydrogen-bond donors (Lipinski definition) is 2. The second-order valence-corrected chi connectivity index (χ2v) is 6.82. The summed E-state index contributed by atoms with van der Waals surface area (Å²) in [6.07, 6.45) is 5.18. The van der Waals surface area contributed by atoms with Crippen molar-refractivity contribution in [2.45, 2.75) is 45.1 Å². The predicted octanol–water partition coefficient (Wildman–Crippen LogP) is 1.47. The Labute approximate surface area is 106 Å². The number of likely N-dealkylation sites (N-methyl/N-ethyl adjacent to an activating group) is 1. The SMILES string of the molecule is CNC(CO)(CN1CCCC(C)(C)C1)C1CC1. The van der Waals surface area contributed by atoms with E-state index in [0.717, 1.165) is 6.54 Å². The van der Waals surface area contributed by atoms with Gasteiger partial charge in [-0.1, -0.05) is 13.8 Å². The molecule has 1 heterocycles. The first-order chi connectivity index (χ1) is 8.01. The highest BCUT2D eigenvalue weighted by Gasteiger charge is 2.45. The lowest BCUT2D eigenvalue weighted by Crippen LogP contribution is -2.58. The van der Waals surface area contributed by atoms with E-state index in [9.17, 15) is 5.11 Å². The summed E-state index contributed by atoms with van der Waals surface area (Å²) in [7, 11) is 2.00. The molecule has 0 amide bonds. The Balaban J connectivity index is 1.98. The Morgan fingerprint density at radius 2 is 2.12 bits per heavy atom. The quantitative estimate of drug-likeness (QED) is 0.764. The van der Waals surface area contributed by atoms with Crippen molar-refractivity contribution in [1.29, 1.82) is 0 Å². The molecule has 0 aromatic carbocycles. The van der Waals surface area contributed by atoms with Gasteiger partial charge in [-0.3, -0.25) is 0 Å². The van der Waals surface area contributed by atoms with Gasteiger partial charge in [-0.25, -0.2) is 0 Å². The average molecular weight is 240 g/mol. The van der Waals surface area contributed by atoms with Crippen LogP contribution in [0.2, 0.25) is 0 Å². The van der Waals surface area contributed by atoms with Crippen molar-refractivity contribution in [3.05, 3.63) is 0 Å². The van der Waals surface area contributed by atoms with Gasteiger partial charge in [0.05, 0.1) is 12.1 Å². The number of aliphatic hydroxyl groups excluding tert-OH is 1. The number of aliphatic hydroxyl groups is 1. The molecule has 1 unspecified atom stereocenters. The van der Waals surface area contributed by atoms with E-state index in [2.05, 4.69) is 24.1 Å². The third-order valence-electron chi connectivity index (χ3n) is 4.62. The van der Waals surface area contributed by atoms with E-state index in [1.807, 2.05) is 7.05 Å². The molecule has 2 aliphatic rings. The fraction of sp³-hybridized carbons (Fsp3) is 1.00. The van der Waals surface area contributed by atoms with Gasteiger partial charge in [0, 0.05) is 13.1 Å². The van der Waals surface area contributed by atoms with Crippen molar-refractivity contribution in [3.8, 4) is 0 Å². The highest BCUT2D eigenvalue weighted by Crippen LogP contribution is 2.40. The first kappa shape index (κ1) is 13.3. The summed E-state index contributed by atoms with van der Waals surface area (Å²) in [6.45, 7) is 8.36. The maximum Gasteiger partial charge on any atom is 0.0628 e. The topological polar surface area (TPSA) is 35.5 Å². The lowest BCUT2D eigenvalue weighted by Gasteiger charge is -2.43. The molecule has 0 aromatic rings. The first-order valence-electron chi connectivity index (χ1n) is 7.03. The number of piperidine rings is 1. The van der Waals surface area contributed by atoms with E-state index in [1.54, 1.807) is 0 Å². The number of nitrogens with one attached hydrogen (secondary N) is 1. The molecular formula is C14H28N2O. The fourth-order valence-corrected chi connectivity index (χ4v) is 3.38. The van der Waals surface area contributed by atoms with Crippen molar-refractivity contribution in [2.75, 3.05) is 33.3 Å². The lowest BCUT2D eigenvalue weighted by molar-refractivity contribution is 0.0521. The van der Waals surface area contributed by atoms with Crippen molar-refractivity contribution in [3.63, 3.8) is 0 Å². The average Bonchev–Trinajstić information content (AvgIpc) is 3.09. The zero-order chi connectivity index (χ0) is 12.5. The van der Waals surface area contributed by atoms with Crippen LogP contribution >= 0.6 is 0 Å². The molecule has 1 saturated carbocycles. The van der Waals surface area contributed by atoms with Gasteiger partial charge in [0.1, 0.15) is 0 Å². The van der Waals surface area contributed by atoms with Crippen LogP contribution in [0.1, 0.15) is 39.5 Å². The van der Waals surface area contributed by atoms with E-state index in [-0.39, 0.29) is 12.1 Å². The van der Waals surface area contributed by atoms with E-state index in [4.69, 9.17) is 0 Å². The molecule has 0 aromatic heterocycles. The van der Waals surface area contributed by atoms with E-state index in [0.29, 0.717) is 11.3 Å². The summed E-state index contributed by atoms with van der Waals surface area (Å²) in [5.41, 5.74) is 0.393. The van der Waals surface area contributed by atoms with Gasteiger partial charge in [-0.2, -0.15) is 0 Å². The Kier molecular flexibility index (Phi) is 3.81. The highest BCUT2D eigenvalue weighted by atomic mass is 16.3. The molecule has 2 N–H and O–H groups in total. The van der Waals surface area contributed by atoms with Crippen molar-refractivity contribution in [2.24, 2.45) is 11.3 Å². The summed E-state index contributed by atoms with van der Waals surface area (Å²) < 4.78 is 0. The Morgan fingerprint density at radius 1 is 1.41 bits per heavy atom. The van der Waals surface area contributed by atoms with Crippen molar-refractivity contribution in [1.82, 2.24) is 10.2 Å². The summed E-state index contributed by atoms with van der Waals surface area (Å²) in [6, 6.07) is 0. The molecule has 3 nitrogen and oxygen atoms in total. The number of hydrogen-bond acceptors (Lipinski definition) is 3. The zero-order valence-corrected chi connectivity index (χ0v) is 11.6. The monoisotopic (exact) mass is 240 g/mol. The third kappa shape index (κ3) is 3.01. The van der Waals surface area contributed by atoms with Gasteiger partial charge in [-0.15, -0.1) is 0 Å². The van der Waals surface area contributed by atoms with Crippen LogP contribution in [0, 0.1) is 11.3 Å². The lowest BCUT2D eigenvalue weighted by atomic mass is 9.83. The Hall–Kier alpha value is -0.120. The van der Waals surface area contributed by atoms with Gasteiger partial charge >= 0.3 is 0 Å². The molecule has 100 valence electrons. The summed E-state index contributed by atoms with van der Waals surface area (Å²) >= 11 is 0. The number of likely N-dealkylation sites (tertiary alicyclic amines) is 1. The molecule has 2 rings (SSSR count). The largest absolute Gasteiger partial charge is 0.394 e. The second-order valence-electron chi connectivity index (χ2n) is 6.82. The fourth-order valence-electron chi connectivity index (χ4n) is 3.38. The summed E-state index contributed by atoms with van der Waals surface area (Å²) in [4.78, 5) is 2.55. The molecule has 0 bridgehead atoms. The standard InChI is InChI=1S/C14H28N2O/c1-13(2)7-4-8-16(9-13)10-14(11-17,15-3)12-5-6-12/h12,15,17H,4-11H2,1-3H3. The Morgan fingerprint density at radius 3 is 2.59 bits per heavy atom. The molecule has 1 saturated heterocycles. The number of rotatable bonds is 5. The molecule has 3 heteroatoms. The van der Waals surface area contributed by atoms with Gasteiger partial charge in [0.2, 0.25) is 0 Å². The second kappa shape index (κ2) is 4.87. The Bertz CT molecular complexity index is 257. The van der Waals surface area contributed by atoms with Crippen LogP contribution < -0.4 is 5.32 Å². The molecule has 0 radical (unpaired) electrons. The van der Waals surface area contributed by atoms with E-state index >= 15 is 0 Å². The van der Waals surface area contributed by atoms with Crippen molar-refractivity contribution < 1.29 is 5.11 Å². The highest BCUT2D eigenvalue weighted by molar-refractivity contribution is 5.02. The molecular weight excluding hydrogens is 212 g/mol. The minimum atomic E-state index is -0.0482. The zero-order valence-electron chi connectivity index (χ0n) is 11.6. The van der Waals surface area contributed by atoms with Crippen LogP contribution in [0.5, 0.6) is 0 Å². The molecule has 1 aliphatic heterocycles. The van der Waals surface area contributed by atoms with Crippen molar-refractivity contribution >= 4 is 0 Å². The first-order valence-corrected chi connectivity index (χ1v) is 7.03. The molecule has 1 aliphatic carbocycles. The molecule has 17 heavy (non-hydrogen) atoms. The minimum Gasteiger partial charge on any atom is -0.394 e. The van der Waals surface area contributed by atoms with Crippen LogP contribution in [0.15, 0.2) is 0 Å². The van der Waals surface area contributed by atoms with Gasteiger partial charge in [-0.05, 0) is 50.6 Å². The number of nitrogens with zero attached hydrogens (tertiary/aromatic N) is 1.